The zero-order valence-corrected chi connectivity index (χ0v) is 25.2. The molecular weight excluding hydrogens is 629 g/mol. The highest BCUT2D eigenvalue weighted by atomic mass is 31.2. The Morgan fingerprint density at radius 1 is 1.24 bits per heavy atom. The van der Waals surface area contributed by atoms with Gasteiger partial charge >= 0.3 is 19.9 Å². The van der Waals surface area contributed by atoms with Crippen LogP contribution in [0.15, 0.2) is 36.7 Å². The molecule has 6 atom stereocenters. The molecule has 5 N–H and O–H groups in total. The van der Waals surface area contributed by atoms with Crippen molar-refractivity contribution < 1.29 is 50.5 Å². The number of para-hydroxylation sites is 1. The lowest BCUT2D eigenvalue weighted by atomic mass is 9.95. The monoisotopic (exact) mass is 661 g/mol. The summed E-state index contributed by atoms with van der Waals surface area (Å²) in [5.74, 6) is -0.996. The molecule has 3 heterocycles. The highest BCUT2D eigenvalue weighted by Crippen LogP contribution is 2.53. The Labute approximate surface area is 254 Å². The lowest BCUT2D eigenvalue weighted by molar-refractivity contribution is -0.273. The number of imidazole rings is 1. The number of carbonyl (C=O) groups excluding carboxylic acids is 1. The van der Waals surface area contributed by atoms with Gasteiger partial charge in [0.1, 0.15) is 24.0 Å². The van der Waals surface area contributed by atoms with Gasteiger partial charge in [-0.15, -0.1) is 0 Å². The summed E-state index contributed by atoms with van der Waals surface area (Å²) in [4.78, 5) is 24.5. The molecule has 0 radical (unpaired) electrons. The van der Waals surface area contributed by atoms with Crippen LogP contribution in [0.2, 0.25) is 0 Å². The van der Waals surface area contributed by atoms with Gasteiger partial charge < -0.3 is 30.2 Å². The molecule has 0 amide bonds. The lowest BCUT2D eigenvalue weighted by Gasteiger charge is -2.31. The van der Waals surface area contributed by atoms with Crippen molar-refractivity contribution in [3.63, 3.8) is 0 Å². The number of aliphatic hydroxyl groups excluding tert-OH is 1. The SMILES string of the molecule is CC(C)OC(=O)[C@@H](C)N[P@@](=O)(OC[C@H]1O[C@@H](n2cnc3c(NC4CC4)nc(N)nc32)[C@@](F)(C(F)(F)F)[C@@H]1O)Oc1ccccc1. The fraction of sp³-hybridized carbons (Fsp3) is 0.538. The second kappa shape index (κ2) is 12.3. The highest BCUT2D eigenvalue weighted by Gasteiger charge is 2.73. The summed E-state index contributed by atoms with van der Waals surface area (Å²) in [6, 6.07) is 6.33. The second-order valence-corrected chi connectivity index (χ2v) is 12.6. The first-order chi connectivity index (χ1) is 21.1. The number of hydrogen-bond donors (Lipinski definition) is 4. The number of nitrogens with one attached hydrogen (secondary N) is 2. The number of rotatable bonds is 12. The van der Waals surface area contributed by atoms with Crippen LogP contribution in [-0.2, 0) is 23.4 Å². The summed E-state index contributed by atoms with van der Waals surface area (Å²) in [6.45, 7) is 3.41. The normalized spacial score (nSPS) is 25.7. The summed E-state index contributed by atoms with van der Waals surface area (Å²) >= 11 is 0. The predicted octanol–water partition coefficient (Wildman–Crippen LogP) is 3.65. The van der Waals surface area contributed by atoms with Crippen molar-refractivity contribution in [1.29, 1.82) is 0 Å². The van der Waals surface area contributed by atoms with E-state index in [0.717, 1.165) is 19.2 Å². The number of nitrogens with zero attached hydrogens (tertiary/aromatic N) is 4. The first-order valence-corrected chi connectivity index (χ1v) is 15.5. The van der Waals surface area contributed by atoms with Crippen molar-refractivity contribution >= 4 is 36.6 Å². The van der Waals surface area contributed by atoms with Crippen LogP contribution in [0, 0.1) is 0 Å². The van der Waals surface area contributed by atoms with Crippen LogP contribution < -0.4 is 20.7 Å². The smallest absolute Gasteiger partial charge is 0.459 e. The van der Waals surface area contributed by atoms with E-state index < -0.39 is 62.7 Å². The molecule has 0 spiro atoms. The molecule has 14 nitrogen and oxygen atoms in total. The van der Waals surface area contributed by atoms with E-state index in [4.69, 9.17) is 24.3 Å². The number of benzene rings is 1. The number of aromatic nitrogens is 4. The number of anilines is 2. The Morgan fingerprint density at radius 3 is 2.56 bits per heavy atom. The Kier molecular flexibility index (Phi) is 8.98. The minimum absolute atomic E-state index is 0.00523. The summed E-state index contributed by atoms with van der Waals surface area (Å²) in [7, 11) is -4.61. The summed E-state index contributed by atoms with van der Waals surface area (Å²) in [5.41, 5.74) is 1.10. The molecule has 3 aromatic rings. The van der Waals surface area contributed by atoms with Crippen molar-refractivity contribution in [3.8, 4) is 5.75 Å². The van der Waals surface area contributed by atoms with Crippen molar-refractivity contribution in [2.75, 3.05) is 17.7 Å². The van der Waals surface area contributed by atoms with E-state index in [1.54, 1.807) is 32.0 Å². The standard InChI is InChI=1S/C26H32F4N7O7P/c1-13(2)42-22(39)14(3)36-45(40,44-16-7-5-4-6-8-16)41-11-17-19(38)25(27,26(28,29)30)23(43-17)37-12-32-18-20(33-15-9-10-15)34-24(31)35-21(18)37/h4-8,12-15,17,19,23,38H,9-11H2,1-3H3,(H,36,40)(H3,31,33,34,35)/t14-,17-,19-,23-,25-,45-/m1/s1. The first-order valence-electron chi connectivity index (χ1n) is 13.9. The number of carbonyl (C=O) groups is 1. The molecule has 2 fully saturated rings. The average molecular weight is 662 g/mol. The van der Waals surface area contributed by atoms with Crippen molar-refractivity contribution in [3.05, 3.63) is 36.7 Å². The van der Waals surface area contributed by atoms with Gasteiger partial charge in [0.25, 0.3) is 5.67 Å². The minimum Gasteiger partial charge on any atom is -0.462 e. The van der Waals surface area contributed by atoms with Crippen molar-refractivity contribution in [2.45, 2.75) is 82.1 Å². The number of ether oxygens (including phenoxy) is 2. The van der Waals surface area contributed by atoms with Gasteiger partial charge in [0.15, 0.2) is 23.2 Å². The van der Waals surface area contributed by atoms with Crippen LogP contribution in [0.4, 0.5) is 29.3 Å². The van der Waals surface area contributed by atoms with Crippen LogP contribution >= 0.6 is 7.75 Å². The van der Waals surface area contributed by atoms with E-state index in [1.165, 1.54) is 19.1 Å². The zero-order valence-electron chi connectivity index (χ0n) is 24.3. The highest BCUT2D eigenvalue weighted by molar-refractivity contribution is 7.52. The molecule has 246 valence electrons. The van der Waals surface area contributed by atoms with Crippen LogP contribution in [0.5, 0.6) is 5.75 Å². The molecule has 19 heteroatoms. The van der Waals surface area contributed by atoms with Crippen LogP contribution in [-0.4, -0.2) is 79.4 Å². The molecule has 1 aliphatic heterocycles. The number of alkyl halides is 4. The fourth-order valence-corrected chi connectivity index (χ4v) is 6.10. The van der Waals surface area contributed by atoms with Crippen LogP contribution in [0.3, 0.4) is 0 Å². The van der Waals surface area contributed by atoms with Gasteiger partial charge in [0.05, 0.1) is 19.0 Å². The van der Waals surface area contributed by atoms with E-state index in [1.807, 2.05) is 0 Å². The molecule has 0 bridgehead atoms. The van der Waals surface area contributed by atoms with E-state index in [2.05, 4.69) is 25.4 Å². The number of nitrogen functional groups attached to an aromatic ring is 1. The minimum atomic E-state index is -5.67. The second-order valence-electron chi connectivity index (χ2n) is 10.9. The molecule has 1 saturated carbocycles. The Bertz CT molecular complexity index is 1580. The van der Waals surface area contributed by atoms with E-state index in [-0.39, 0.29) is 34.7 Å². The number of aliphatic hydroxyl groups is 1. The molecule has 1 saturated heterocycles. The van der Waals surface area contributed by atoms with Crippen molar-refractivity contribution in [2.24, 2.45) is 0 Å². The number of fused-ring (bicyclic) bond motifs is 1. The molecule has 2 aliphatic rings. The fourth-order valence-electron chi connectivity index (χ4n) is 4.59. The maximum Gasteiger partial charge on any atom is 0.459 e. The van der Waals surface area contributed by atoms with Crippen LogP contribution in [0.25, 0.3) is 11.2 Å². The van der Waals surface area contributed by atoms with E-state index >= 15 is 4.39 Å². The predicted molar refractivity (Wildman–Crippen MR) is 151 cm³/mol. The molecule has 1 aliphatic carbocycles. The van der Waals surface area contributed by atoms with Gasteiger partial charge in [-0.1, -0.05) is 18.2 Å². The molecule has 2 aromatic heterocycles. The average Bonchev–Trinajstić information content (AvgIpc) is 3.61. The molecule has 5 rings (SSSR count). The Hall–Kier alpha value is -3.57. The number of halogens is 4. The first kappa shape index (κ1) is 32.8. The van der Waals surface area contributed by atoms with Gasteiger partial charge in [0.2, 0.25) is 5.95 Å². The van der Waals surface area contributed by atoms with E-state index in [0.29, 0.717) is 4.57 Å². The third-order valence-corrected chi connectivity index (χ3v) is 8.57. The maximum atomic E-state index is 16.2. The van der Waals surface area contributed by atoms with Gasteiger partial charge in [-0.25, -0.2) is 13.9 Å². The third kappa shape index (κ3) is 6.84. The van der Waals surface area contributed by atoms with Gasteiger partial charge in [-0.05, 0) is 45.7 Å². The molecule has 1 aromatic carbocycles. The van der Waals surface area contributed by atoms with Gasteiger partial charge in [-0.2, -0.15) is 28.2 Å². The van der Waals surface area contributed by atoms with E-state index in [9.17, 15) is 27.6 Å². The number of nitrogens with two attached hydrogens (primary N) is 1. The maximum absolute atomic E-state index is 16.2. The summed E-state index contributed by atoms with van der Waals surface area (Å²) < 4.78 is 95.1. The van der Waals surface area contributed by atoms with Gasteiger partial charge in [0, 0.05) is 6.04 Å². The Morgan fingerprint density at radius 2 is 1.93 bits per heavy atom. The number of esters is 1. The summed E-state index contributed by atoms with van der Waals surface area (Å²) in [5, 5.41) is 16.2. The molecule has 0 unspecified atom stereocenters. The zero-order chi connectivity index (χ0) is 32.7. The van der Waals surface area contributed by atoms with Crippen molar-refractivity contribution in [1.82, 2.24) is 24.6 Å². The number of hydrogen-bond acceptors (Lipinski definition) is 12. The Balaban J connectivity index is 1.43. The topological polar surface area (TPSA) is 185 Å². The largest absolute Gasteiger partial charge is 0.462 e. The van der Waals surface area contributed by atoms with Gasteiger partial charge in [-0.3, -0.25) is 13.9 Å². The molecular formula is C26H32F4N7O7P. The summed E-state index contributed by atoms with van der Waals surface area (Å²) in [6.07, 6.45) is -11.1. The lowest BCUT2D eigenvalue weighted by Crippen LogP contribution is -2.54. The molecule has 45 heavy (non-hydrogen) atoms. The van der Waals surface area contributed by atoms with Crippen LogP contribution in [0.1, 0.15) is 39.8 Å². The quantitative estimate of drug-likeness (QED) is 0.125. The third-order valence-electron chi connectivity index (χ3n) is 6.92.